The molecule has 0 saturated carbocycles. The Balaban J connectivity index is 1.77. The first kappa shape index (κ1) is 13.7. The van der Waals surface area contributed by atoms with Crippen molar-refractivity contribution in [1.29, 1.82) is 0 Å². The summed E-state index contributed by atoms with van der Waals surface area (Å²) in [6.45, 7) is 2.18. The Bertz CT molecular complexity index is 596. The molecule has 0 spiro atoms. The Morgan fingerprint density at radius 1 is 1.30 bits per heavy atom. The molecule has 5 nitrogen and oxygen atoms in total. The zero-order valence-corrected chi connectivity index (χ0v) is 11.2. The van der Waals surface area contributed by atoms with Crippen LogP contribution in [0.2, 0.25) is 0 Å². The van der Waals surface area contributed by atoms with E-state index in [1.165, 1.54) is 0 Å². The smallest absolute Gasteiger partial charge is 0.259 e. The second-order valence-electron chi connectivity index (χ2n) is 4.30. The van der Waals surface area contributed by atoms with Crippen molar-refractivity contribution in [2.45, 2.75) is 6.92 Å². The van der Waals surface area contributed by atoms with Crippen LogP contribution in [0.5, 0.6) is 0 Å². The van der Waals surface area contributed by atoms with Gasteiger partial charge < -0.3 is 5.32 Å². The topological polar surface area (TPSA) is 66.4 Å². The standard InChI is InChI=1S/C15H16N4O/c1-12-3-2-4-14(9-12)17-11-15(20)19-18-10-13-5-7-16-8-6-13/h2-10,17H,11H2,1H3,(H,19,20)/b18-10+. The third-order valence-corrected chi connectivity index (χ3v) is 2.58. The maximum Gasteiger partial charge on any atom is 0.259 e. The number of nitrogens with one attached hydrogen (secondary N) is 2. The van der Waals surface area contributed by atoms with E-state index in [0.29, 0.717) is 0 Å². The monoisotopic (exact) mass is 268 g/mol. The number of aromatic nitrogens is 1. The molecule has 0 radical (unpaired) electrons. The van der Waals surface area contributed by atoms with E-state index < -0.39 is 0 Å². The molecule has 0 aliphatic rings. The summed E-state index contributed by atoms with van der Waals surface area (Å²) in [6.07, 6.45) is 4.91. The molecule has 2 aromatic rings. The molecule has 5 heteroatoms. The molecular weight excluding hydrogens is 252 g/mol. The van der Waals surface area contributed by atoms with Crippen LogP contribution in [-0.2, 0) is 4.79 Å². The van der Waals surface area contributed by atoms with Crippen LogP contribution in [0.25, 0.3) is 0 Å². The molecule has 102 valence electrons. The Kier molecular flexibility index (Phi) is 4.83. The second kappa shape index (κ2) is 7.04. The number of hydrazone groups is 1. The van der Waals surface area contributed by atoms with E-state index in [0.717, 1.165) is 16.8 Å². The minimum atomic E-state index is -0.197. The van der Waals surface area contributed by atoms with E-state index in [1.807, 2.05) is 31.2 Å². The molecule has 1 aromatic heterocycles. The van der Waals surface area contributed by atoms with E-state index in [2.05, 4.69) is 20.8 Å². The molecule has 0 saturated heterocycles. The van der Waals surface area contributed by atoms with E-state index in [1.54, 1.807) is 30.7 Å². The second-order valence-corrected chi connectivity index (χ2v) is 4.30. The highest BCUT2D eigenvalue weighted by atomic mass is 16.2. The average molecular weight is 268 g/mol. The van der Waals surface area contributed by atoms with Crippen molar-refractivity contribution in [3.63, 3.8) is 0 Å². The highest BCUT2D eigenvalue weighted by molar-refractivity contribution is 5.84. The normalized spacial score (nSPS) is 10.4. The van der Waals surface area contributed by atoms with Gasteiger partial charge in [0.25, 0.3) is 5.91 Å². The first-order valence-corrected chi connectivity index (χ1v) is 6.26. The van der Waals surface area contributed by atoms with Gasteiger partial charge in [0.05, 0.1) is 12.8 Å². The third kappa shape index (κ3) is 4.53. The fraction of sp³-hybridized carbons (Fsp3) is 0.133. The first-order chi connectivity index (χ1) is 9.74. The van der Waals surface area contributed by atoms with Gasteiger partial charge in [-0.05, 0) is 42.3 Å². The van der Waals surface area contributed by atoms with Crippen molar-refractivity contribution in [2.75, 3.05) is 11.9 Å². The summed E-state index contributed by atoms with van der Waals surface area (Å²) >= 11 is 0. The van der Waals surface area contributed by atoms with Crippen LogP contribution < -0.4 is 10.7 Å². The zero-order chi connectivity index (χ0) is 14.2. The molecule has 1 amide bonds. The maximum atomic E-state index is 11.6. The number of carbonyl (C=O) groups is 1. The molecule has 2 rings (SSSR count). The van der Waals surface area contributed by atoms with Crippen molar-refractivity contribution in [1.82, 2.24) is 10.4 Å². The number of rotatable bonds is 5. The fourth-order valence-electron chi connectivity index (χ4n) is 1.61. The maximum absolute atomic E-state index is 11.6. The van der Waals surface area contributed by atoms with E-state index in [-0.39, 0.29) is 12.5 Å². The number of hydrogen-bond donors (Lipinski definition) is 2. The van der Waals surface area contributed by atoms with Crippen LogP contribution in [0.1, 0.15) is 11.1 Å². The van der Waals surface area contributed by atoms with E-state index in [4.69, 9.17) is 0 Å². The predicted octanol–water partition coefficient (Wildman–Crippen LogP) is 1.95. The Morgan fingerprint density at radius 2 is 2.10 bits per heavy atom. The predicted molar refractivity (Wildman–Crippen MR) is 79.6 cm³/mol. The van der Waals surface area contributed by atoms with Crippen molar-refractivity contribution in [3.05, 3.63) is 59.9 Å². The third-order valence-electron chi connectivity index (χ3n) is 2.58. The van der Waals surface area contributed by atoms with E-state index >= 15 is 0 Å². The highest BCUT2D eigenvalue weighted by Crippen LogP contribution is 2.08. The Hall–Kier alpha value is -2.69. The zero-order valence-electron chi connectivity index (χ0n) is 11.2. The summed E-state index contributed by atoms with van der Waals surface area (Å²) in [7, 11) is 0. The fourth-order valence-corrected chi connectivity index (χ4v) is 1.61. The largest absolute Gasteiger partial charge is 0.376 e. The Labute approximate surface area is 117 Å². The molecule has 0 aliphatic heterocycles. The lowest BCUT2D eigenvalue weighted by atomic mass is 10.2. The molecule has 20 heavy (non-hydrogen) atoms. The van der Waals surface area contributed by atoms with Crippen LogP contribution >= 0.6 is 0 Å². The lowest BCUT2D eigenvalue weighted by molar-refractivity contribution is -0.119. The van der Waals surface area contributed by atoms with Gasteiger partial charge in [0.15, 0.2) is 0 Å². The van der Waals surface area contributed by atoms with Gasteiger partial charge in [-0.3, -0.25) is 9.78 Å². The minimum absolute atomic E-state index is 0.178. The van der Waals surface area contributed by atoms with Crippen molar-refractivity contribution in [2.24, 2.45) is 5.10 Å². The summed E-state index contributed by atoms with van der Waals surface area (Å²) < 4.78 is 0. The Morgan fingerprint density at radius 3 is 2.85 bits per heavy atom. The molecule has 0 bridgehead atoms. The molecular formula is C15H16N4O. The number of aryl methyl sites for hydroxylation is 1. The summed E-state index contributed by atoms with van der Waals surface area (Å²) in [5.41, 5.74) is 5.40. The highest BCUT2D eigenvalue weighted by Gasteiger charge is 1.99. The number of amides is 1. The van der Waals surface area contributed by atoms with Gasteiger partial charge in [-0.2, -0.15) is 5.10 Å². The SMILES string of the molecule is Cc1cccc(NCC(=O)N/N=C/c2ccncc2)c1. The van der Waals surface area contributed by atoms with Gasteiger partial charge >= 0.3 is 0 Å². The first-order valence-electron chi connectivity index (χ1n) is 6.26. The minimum Gasteiger partial charge on any atom is -0.376 e. The number of anilines is 1. The molecule has 2 N–H and O–H groups in total. The van der Waals surface area contributed by atoms with Gasteiger partial charge in [-0.25, -0.2) is 5.43 Å². The lowest BCUT2D eigenvalue weighted by Crippen LogP contribution is -2.25. The van der Waals surface area contributed by atoms with Gasteiger partial charge in [-0.15, -0.1) is 0 Å². The van der Waals surface area contributed by atoms with Crippen molar-refractivity contribution >= 4 is 17.8 Å². The number of nitrogens with zero attached hydrogens (tertiary/aromatic N) is 2. The van der Waals surface area contributed by atoms with Crippen molar-refractivity contribution < 1.29 is 4.79 Å². The van der Waals surface area contributed by atoms with Gasteiger partial charge in [-0.1, -0.05) is 12.1 Å². The summed E-state index contributed by atoms with van der Waals surface area (Å²) in [6, 6.07) is 11.5. The molecule has 1 heterocycles. The summed E-state index contributed by atoms with van der Waals surface area (Å²) in [5.74, 6) is -0.197. The van der Waals surface area contributed by atoms with E-state index in [9.17, 15) is 4.79 Å². The number of pyridine rings is 1. The van der Waals surface area contributed by atoms with Crippen LogP contribution in [0.3, 0.4) is 0 Å². The molecule has 1 aromatic carbocycles. The van der Waals surface area contributed by atoms with Crippen molar-refractivity contribution in [3.8, 4) is 0 Å². The van der Waals surface area contributed by atoms with Crippen LogP contribution in [0.15, 0.2) is 53.9 Å². The lowest BCUT2D eigenvalue weighted by Gasteiger charge is -2.05. The molecule has 0 aliphatic carbocycles. The number of benzene rings is 1. The molecule has 0 atom stereocenters. The average Bonchev–Trinajstić information content (AvgIpc) is 2.46. The molecule has 0 fully saturated rings. The number of carbonyl (C=O) groups excluding carboxylic acids is 1. The molecule has 0 unspecified atom stereocenters. The summed E-state index contributed by atoms with van der Waals surface area (Å²) in [5, 5.41) is 6.92. The van der Waals surface area contributed by atoms with Crippen LogP contribution in [0.4, 0.5) is 5.69 Å². The number of hydrogen-bond acceptors (Lipinski definition) is 4. The van der Waals surface area contributed by atoms with Crippen LogP contribution in [-0.4, -0.2) is 23.7 Å². The quantitative estimate of drug-likeness (QED) is 0.643. The van der Waals surface area contributed by atoms with Gasteiger partial charge in [0.2, 0.25) is 0 Å². The van der Waals surface area contributed by atoms with Gasteiger partial charge in [0, 0.05) is 18.1 Å². The van der Waals surface area contributed by atoms with Gasteiger partial charge in [0.1, 0.15) is 0 Å². The summed E-state index contributed by atoms with van der Waals surface area (Å²) in [4.78, 5) is 15.5. The van der Waals surface area contributed by atoms with Crippen LogP contribution in [0, 0.1) is 6.92 Å².